The third kappa shape index (κ3) is 3.96. The van der Waals surface area contributed by atoms with E-state index in [1.54, 1.807) is 0 Å². The molecular weight excluding hydrogens is 333 g/mol. The number of ether oxygens (including phenoxy) is 1. The van der Waals surface area contributed by atoms with E-state index in [0.717, 1.165) is 16.4 Å². The summed E-state index contributed by atoms with van der Waals surface area (Å²) in [4.78, 5) is -0.497. The molecule has 1 aliphatic heterocycles. The van der Waals surface area contributed by atoms with Crippen LogP contribution < -0.4 is 10.5 Å². The zero-order chi connectivity index (χ0) is 17.5. The first-order valence-electron chi connectivity index (χ1n) is 7.04. The molecule has 1 aliphatic rings. The zero-order valence-corrected chi connectivity index (χ0v) is 13.6. The largest absolute Gasteiger partial charge is 0.573 e. The van der Waals surface area contributed by atoms with Crippen LogP contribution in [0, 0.1) is 5.41 Å². The third-order valence-electron chi connectivity index (χ3n) is 3.97. The van der Waals surface area contributed by atoms with Crippen molar-refractivity contribution in [1.29, 1.82) is 0 Å². The summed E-state index contributed by atoms with van der Waals surface area (Å²) >= 11 is 0. The number of sulfonamides is 1. The number of para-hydroxylation sites is 1. The predicted octanol–water partition coefficient (Wildman–Crippen LogP) is 2.33. The van der Waals surface area contributed by atoms with Crippen molar-refractivity contribution < 1.29 is 26.3 Å². The van der Waals surface area contributed by atoms with Crippen molar-refractivity contribution in [2.45, 2.75) is 37.6 Å². The van der Waals surface area contributed by atoms with Crippen molar-refractivity contribution in [2.24, 2.45) is 11.1 Å². The van der Waals surface area contributed by atoms with Crippen LogP contribution in [-0.4, -0.2) is 38.2 Å². The Hall–Kier alpha value is -1.32. The van der Waals surface area contributed by atoms with E-state index in [1.807, 2.05) is 13.8 Å². The van der Waals surface area contributed by atoms with Crippen LogP contribution in [0.25, 0.3) is 0 Å². The minimum atomic E-state index is -4.96. The summed E-state index contributed by atoms with van der Waals surface area (Å²) in [5, 5.41) is 0. The third-order valence-corrected chi connectivity index (χ3v) is 5.85. The maximum atomic E-state index is 12.7. The number of hydrogen-bond acceptors (Lipinski definition) is 4. The highest BCUT2D eigenvalue weighted by molar-refractivity contribution is 7.89. The Labute approximate surface area is 133 Å². The molecule has 0 spiro atoms. The van der Waals surface area contributed by atoms with Crippen molar-refractivity contribution >= 4 is 10.0 Å². The molecule has 1 aromatic carbocycles. The summed E-state index contributed by atoms with van der Waals surface area (Å²) in [6.07, 6.45) is -4.52. The molecule has 2 N–H and O–H groups in total. The SMILES string of the molecule is CC1(C)CN(S(=O)(=O)c2ccccc2OC(F)(F)F)CCC1N. The molecule has 0 amide bonds. The second-order valence-electron chi connectivity index (χ2n) is 6.22. The molecule has 5 nitrogen and oxygen atoms in total. The molecule has 130 valence electrons. The van der Waals surface area contributed by atoms with Gasteiger partial charge >= 0.3 is 6.36 Å². The molecule has 23 heavy (non-hydrogen) atoms. The van der Waals surface area contributed by atoms with Gasteiger partial charge in [-0.25, -0.2) is 8.42 Å². The molecule has 1 fully saturated rings. The molecule has 1 unspecified atom stereocenters. The average molecular weight is 352 g/mol. The van der Waals surface area contributed by atoms with Gasteiger partial charge in [0.25, 0.3) is 0 Å². The lowest BCUT2D eigenvalue weighted by atomic mass is 9.81. The van der Waals surface area contributed by atoms with E-state index < -0.39 is 32.4 Å². The summed E-state index contributed by atoms with van der Waals surface area (Å²) in [5.41, 5.74) is 5.51. The first-order chi connectivity index (χ1) is 10.4. The van der Waals surface area contributed by atoms with Gasteiger partial charge in [-0.2, -0.15) is 4.31 Å². The molecule has 1 aromatic rings. The second kappa shape index (κ2) is 5.95. The lowest BCUT2D eigenvalue weighted by Crippen LogP contribution is -2.53. The molecule has 1 saturated heterocycles. The van der Waals surface area contributed by atoms with Crippen LogP contribution in [0.15, 0.2) is 29.2 Å². The second-order valence-corrected chi connectivity index (χ2v) is 8.12. The van der Waals surface area contributed by atoms with E-state index >= 15 is 0 Å². The highest BCUT2D eigenvalue weighted by Gasteiger charge is 2.41. The molecule has 0 aromatic heterocycles. The standard InChI is InChI=1S/C14H19F3N2O3S/c1-13(2)9-19(8-7-12(13)18)23(20,21)11-6-4-3-5-10(11)22-14(15,16)17/h3-6,12H,7-9,18H2,1-2H3. The van der Waals surface area contributed by atoms with Crippen LogP contribution >= 0.6 is 0 Å². The van der Waals surface area contributed by atoms with Crippen LogP contribution in [-0.2, 0) is 10.0 Å². The molecule has 0 saturated carbocycles. The average Bonchev–Trinajstić information content (AvgIpc) is 2.40. The van der Waals surface area contributed by atoms with E-state index in [4.69, 9.17) is 5.73 Å². The Morgan fingerprint density at radius 2 is 1.91 bits per heavy atom. The molecule has 0 radical (unpaired) electrons. The molecule has 0 bridgehead atoms. The molecule has 1 atom stereocenters. The van der Waals surface area contributed by atoms with Gasteiger partial charge in [0.15, 0.2) is 0 Å². The highest BCUT2D eigenvalue weighted by atomic mass is 32.2. The van der Waals surface area contributed by atoms with Crippen molar-refractivity contribution in [3.05, 3.63) is 24.3 Å². The molecule has 9 heteroatoms. The number of nitrogens with zero attached hydrogens (tertiary/aromatic N) is 1. The van der Waals surface area contributed by atoms with Crippen LogP contribution in [0.4, 0.5) is 13.2 Å². The van der Waals surface area contributed by atoms with Crippen molar-refractivity contribution in [2.75, 3.05) is 13.1 Å². The maximum absolute atomic E-state index is 12.7. The van der Waals surface area contributed by atoms with Gasteiger partial charge in [0.2, 0.25) is 10.0 Å². The number of rotatable bonds is 3. The summed E-state index contributed by atoms with van der Waals surface area (Å²) in [6.45, 7) is 3.96. The fourth-order valence-corrected chi connectivity index (χ4v) is 4.28. The summed E-state index contributed by atoms with van der Waals surface area (Å²) in [6, 6.07) is 4.57. The first-order valence-corrected chi connectivity index (χ1v) is 8.48. The van der Waals surface area contributed by atoms with Gasteiger partial charge in [0.05, 0.1) is 0 Å². The Morgan fingerprint density at radius 3 is 2.48 bits per heavy atom. The summed E-state index contributed by atoms with van der Waals surface area (Å²) < 4.78 is 67.9. The van der Waals surface area contributed by atoms with Gasteiger partial charge in [-0.15, -0.1) is 13.2 Å². The van der Waals surface area contributed by atoms with Gasteiger partial charge in [0.1, 0.15) is 10.6 Å². The van der Waals surface area contributed by atoms with Crippen molar-refractivity contribution in [1.82, 2.24) is 4.31 Å². The maximum Gasteiger partial charge on any atom is 0.573 e. The number of alkyl halides is 3. The number of nitrogens with two attached hydrogens (primary N) is 1. The number of benzene rings is 1. The monoisotopic (exact) mass is 352 g/mol. The lowest BCUT2D eigenvalue weighted by Gasteiger charge is -2.41. The van der Waals surface area contributed by atoms with Crippen molar-refractivity contribution in [3.63, 3.8) is 0 Å². The van der Waals surface area contributed by atoms with E-state index in [0.29, 0.717) is 6.42 Å². The van der Waals surface area contributed by atoms with Gasteiger partial charge in [-0.05, 0) is 24.0 Å². The number of hydrogen-bond donors (Lipinski definition) is 1. The van der Waals surface area contributed by atoms with Crippen LogP contribution in [0.1, 0.15) is 20.3 Å². The van der Waals surface area contributed by atoms with Crippen LogP contribution in [0.3, 0.4) is 0 Å². The van der Waals surface area contributed by atoms with Crippen LogP contribution in [0.5, 0.6) is 5.75 Å². The summed E-state index contributed by atoms with van der Waals surface area (Å²) in [5.74, 6) is -0.729. The van der Waals surface area contributed by atoms with E-state index in [9.17, 15) is 21.6 Å². The number of halogens is 3. The molecular formula is C14H19F3N2O3S. The molecule has 2 rings (SSSR count). The Balaban J connectivity index is 2.37. The topological polar surface area (TPSA) is 72.6 Å². The fourth-order valence-electron chi connectivity index (χ4n) is 2.54. The van der Waals surface area contributed by atoms with Crippen LogP contribution in [0.2, 0.25) is 0 Å². The highest BCUT2D eigenvalue weighted by Crippen LogP contribution is 2.35. The summed E-state index contributed by atoms with van der Waals surface area (Å²) in [7, 11) is -4.11. The van der Waals surface area contributed by atoms with Gasteiger partial charge in [0, 0.05) is 19.1 Å². The fraction of sp³-hybridized carbons (Fsp3) is 0.571. The lowest BCUT2D eigenvalue weighted by molar-refractivity contribution is -0.275. The van der Waals surface area contributed by atoms with E-state index in [1.165, 1.54) is 12.1 Å². The minimum absolute atomic E-state index is 0.136. The Morgan fingerprint density at radius 1 is 1.30 bits per heavy atom. The molecule has 0 aliphatic carbocycles. The van der Waals surface area contributed by atoms with Crippen molar-refractivity contribution in [3.8, 4) is 5.75 Å². The van der Waals surface area contributed by atoms with Gasteiger partial charge in [-0.3, -0.25) is 0 Å². The van der Waals surface area contributed by atoms with Gasteiger partial charge in [-0.1, -0.05) is 26.0 Å². The quantitative estimate of drug-likeness (QED) is 0.906. The normalized spacial score (nSPS) is 22.8. The number of piperidine rings is 1. The Kier molecular flexibility index (Phi) is 4.67. The smallest absolute Gasteiger partial charge is 0.404 e. The predicted molar refractivity (Wildman–Crippen MR) is 78.3 cm³/mol. The zero-order valence-electron chi connectivity index (χ0n) is 12.8. The van der Waals surface area contributed by atoms with E-state index in [2.05, 4.69) is 4.74 Å². The molecule has 1 heterocycles. The minimum Gasteiger partial charge on any atom is -0.404 e. The van der Waals surface area contributed by atoms with Gasteiger partial charge < -0.3 is 10.5 Å². The Bertz CT molecular complexity index is 674. The first kappa shape index (κ1) is 18.0. The van der Waals surface area contributed by atoms with E-state index in [-0.39, 0.29) is 19.1 Å².